The van der Waals surface area contributed by atoms with Gasteiger partial charge in [0.05, 0.1) is 0 Å². The predicted molar refractivity (Wildman–Crippen MR) is 53.4 cm³/mol. The molecule has 1 atom stereocenters. The molecule has 0 aromatic carbocycles. The van der Waals surface area contributed by atoms with Crippen LogP contribution in [0.25, 0.3) is 0 Å². The number of methoxy groups -OCH3 is 1. The minimum atomic E-state index is -1.38. The minimum Gasteiger partial charge on any atom is -0.480 e. The normalized spacial score (nSPS) is 19.3. The molecule has 1 aliphatic rings. The summed E-state index contributed by atoms with van der Waals surface area (Å²) in [7, 11) is 1.49. The van der Waals surface area contributed by atoms with E-state index in [1.807, 2.05) is 0 Å². The zero-order valence-corrected chi connectivity index (χ0v) is 9.08. The van der Waals surface area contributed by atoms with E-state index in [1.54, 1.807) is 0 Å². The monoisotopic (exact) mass is 215 g/mol. The Hall–Kier alpha value is -1.10. The summed E-state index contributed by atoms with van der Waals surface area (Å²) in [4.78, 5) is 22.8. The smallest absolute Gasteiger partial charge is 0.319 e. The number of hydrogen-bond acceptors (Lipinski definition) is 3. The molecule has 0 bridgehead atoms. The van der Waals surface area contributed by atoms with Gasteiger partial charge in [0, 0.05) is 19.8 Å². The number of aliphatic carboxylic acids is 1. The van der Waals surface area contributed by atoms with Crippen LogP contribution in [0.3, 0.4) is 0 Å². The highest BCUT2D eigenvalue weighted by molar-refractivity contribution is 6.01. The van der Waals surface area contributed by atoms with E-state index in [-0.39, 0.29) is 19.1 Å². The molecule has 0 aromatic rings. The van der Waals surface area contributed by atoms with Gasteiger partial charge in [-0.2, -0.15) is 0 Å². The molecule has 0 saturated heterocycles. The molecule has 5 nitrogen and oxygen atoms in total. The van der Waals surface area contributed by atoms with Gasteiger partial charge in [0.1, 0.15) is 5.41 Å². The van der Waals surface area contributed by atoms with E-state index < -0.39 is 17.3 Å². The summed E-state index contributed by atoms with van der Waals surface area (Å²) in [6.45, 7) is 1.70. The summed E-state index contributed by atoms with van der Waals surface area (Å²) in [5.74, 6) is -1.51. The predicted octanol–water partition coefficient (Wildman–Crippen LogP) is 0.392. The van der Waals surface area contributed by atoms with E-state index in [0.717, 1.165) is 12.8 Å². The molecular weight excluding hydrogens is 198 g/mol. The van der Waals surface area contributed by atoms with Gasteiger partial charge in [-0.15, -0.1) is 0 Å². The first kappa shape index (κ1) is 12.0. The molecule has 1 amide bonds. The van der Waals surface area contributed by atoms with Crippen LogP contribution in [0, 0.1) is 5.41 Å². The van der Waals surface area contributed by atoms with Gasteiger partial charge in [-0.25, -0.2) is 0 Å². The number of rotatable bonds is 6. The van der Waals surface area contributed by atoms with E-state index in [4.69, 9.17) is 9.84 Å². The van der Waals surface area contributed by atoms with Crippen molar-refractivity contribution in [1.82, 2.24) is 5.32 Å². The van der Waals surface area contributed by atoms with Gasteiger partial charge in [0.25, 0.3) is 0 Å². The number of nitrogens with one attached hydrogen (secondary N) is 1. The maximum atomic E-state index is 11.7. The number of amides is 1. The standard InChI is InChI=1S/C10H17NO4/c1-10(9(13)14,5-6-15-2)8(12)11-7-3-4-7/h7H,3-6H2,1-2H3,(H,11,12)(H,13,14). The van der Waals surface area contributed by atoms with Crippen molar-refractivity contribution < 1.29 is 19.4 Å². The van der Waals surface area contributed by atoms with Crippen LogP contribution in [0.5, 0.6) is 0 Å². The molecule has 0 aliphatic heterocycles. The fourth-order valence-corrected chi connectivity index (χ4v) is 1.20. The third-order valence-corrected chi connectivity index (χ3v) is 2.69. The van der Waals surface area contributed by atoms with Crippen molar-refractivity contribution in [2.75, 3.05) is 13.7 Å². The molecule has 1 fully saturated rings. The second-order valence-corrected chi connectivity index (χ2v) is 4.13. The largest absolute Gasteiger partial charge is 0.480 e. The summed E-state index contributed by atoms with van der Waals surface area (Å²) >= 11 is 0. The Bertz CT molecular complexity index is 262. The third kappa shape index (κ3) is 2.92. The molecule has 1 rings (SSSR count). The van der Waals surface area contributed by atoms with Crippen LogP contribution >= 0.6 is 0 Å². The molecular formula is C10H17NO4. The molecule has 0 aromatic heterocycles. The lowest BCUT2D eigenvalue weighted by Crippen LogP contribution is -2.46. The molecule has 1 unspecified atom stereocenters. The highest BCUT2D eigenvalue weighted by Crippen LogP contribution is 2.26. The fourth-order valence-electron chi connectivity index (χ4n) is 1.20. The third-order valence-electron chi connectivity index (χ3n) is 2.69. The van der Waals surface area contributed by atoms with Gasteiger partial charge in [-0.1, -0.05) is 0 Å². The van der Waals surface area contributed by atoms with Crippen LogP contribution in [0.2, 0.25) is 0 Å². The summed E-state index contributed by atoms with van der Waals surface area (Å²) < 4.78 is 4.82. The Morgan fingerprint density at radius 2 is 2.13 bits per heavy atom. The number of carbonyl (C=O) groups is 2. The zero-order valence-electron chi connectivity index (χ0n) is 9.08. The minimum absolute atomic E-state index is 0.179. The van der Waals surface area contributed by atoms with Crippen molar-refractivity contribution >= 4 is 11.9 Å². The summed E-state index contributed by atoms with van der Waals surface area (Å²) in [6.07, 6.45) is 2.09. The average molecular weight is 215 g/mol. The summed E-state index contributed by atoms with van der Waals surface area (Å²) in [5.41, 5.74) is -1.38. The van der Waals surface area contributed by atoms with Crippen LogP contribution in [-0.2, 0) is 14.3 Å². The van der Waals surface area contributed by atoms with Gasteiger partial charge in [-0.05, 0) is 26.2 Å². The van der Waals surface area contributed by atoms with Crippen molar-refractivity contribution in [2.24, 2.45) is 5.41 Å². The molecule has 1 aliphatic carbocycles. The van der Waals surface area contributed by atoms with Crippen LogP contribution in [0.4, 0.5) is 0 Å². The lowest BCUT2D eigenvalue weighted by molar-refractivity contribution is -0.156. The van der Waals surface area contributed by atoms with Gasteiger partial charge in [-0.3, -0.25) is 9.59 Å². The second-order valence-electron chi connectivity index (χ2n) is 4.13. The Kier molecular flexibility index (Phi) is 3.68. The quantitative estimate of drug-likeness (QED) is 0.628. The number of carboxylic acid groups (broad SMARTS) is 1. The highest BCUT2D eigenvalue weighted by atomic mass is 16.5. The topological polar surface area (TPSA) is 75.6 Å². The van der Waals surface area contributed by atoms with Crippen molar-refractivity contribution in [1.29, 1.82) is 0 Å². The maximum Gasteiger partial charge on any atom is 0.319 e. The Morgan fingerprint density at radius 3 is 2.53 bits per heavy atom. The Morgan fingerprint density at radius 1 is 1.53 bits per heavy atom. The Balaban J connectivity index is 2.60. The molecule has 2 N–H and O–H groups in total. The number of carboxylic acids is 1. The molecule has 1 saturated carbocycles. The van der Waals surface area contributed by atoms with Gasteiger partial charge in [0.2, 0.25) is 5.91 Å². The Labute approximate surface area is 88.8 Å². The first-order valence-corrected chi connectivity index (χ1v) is 5.04. The maximum absolute atomic E-state index is 11.7. The van der Waals surface area contributed by atoms with Gasteiger partial charge >= 0.3 is 5.97 Å². The van der Waals surface area contributed by atoms with E-state index in [2.05, 4.69) is 5.32 Å². The van der Waals surface area contributed by atoms with Crippen LogP contribution in [0.15, 0.2) is 0 Å². The second kappa shape index (κ2) is 4.61. The molecule has 0 heterocycles. The van der Waals surface area contributed by atoms with Crippen molar-refractivity contribution in [2.45, 2.75) is 32.2 Å². The number of hydrogen-bond donors (Lipinski definition) is 2. The lowest BCUT2D eigenvalue weighted by Gasteiger charge is -2.23. The first-order valence-electron chi connectivity index (χ1n) is 5.04. The molecule has 0 spiro atoms. The van der Waals surface area contributed by atoms with Gasteiger partial charge < -0.3 is 15.2 Å². The van der Waals surface area contributed by atoms with E-state index in [9.17, 15) is 9.59 Å². The highest BCUT2D eigenvalue weighted by Gasteiger charge is 2.42. The van der Waals surface area contributed by atoms with Crippen LogP contribution in [-0.4, -0.2) is 36.7 Å². The number of carbonyl (C=O) groups excluding carboxylic acids is 1. The van der Waals surface area contributed by atoms with Crippen LogP contribution < -0.4 is 5.32 Å². The average Bonchev–Trinajstić information content (AvgIpc) is 2.97. The summed E-state index contributed by atoms with van der Waals surface area (Å²) in [6, 6.07) is 0.179. The SMILES string of the molecule is COCCC(C)(C(=O)O)C(=O)NC1CC1. The van der Waals surface area contributed by atoms with E-state index in [1.165, 1.54) is 14.0 Å². The zero-order chi connectivity index (χ0) is 11.5. The molecule has 5 heteroatoms. The fraction of sp³-hybridized carbons (Fsp3) is 0.800. The number of ether oxygens (including phenoxy) is 1. The van der Waals surface area contributed by atoms with Crippen molar-refractivity contribution in [3.8, 4) is 0 Å². The summed E-state index contributed by atoms with van der Waals surface area (Å²) in [5, 5.41) is 11.8. The van der Waals surface area contributed by atoms with Crippen molar-refractivity contribution in [3.63, 3.8) is 0 Å². The van der Waals surface area contributed by atoms with Crippen LogP contribution in [0.1, 0.15) is 26.2 Å². The van der Waals surface area contributed by atoms with Gasteiger partial charge in [0.15, 0.2) is 0 Å². The van der Waals surface area contributed by atoms with E-state index in [0.29, 0.717) is 0 Å². The lowest BCUT2D eigenvalue weighted by atomic mass is 9.86. The molecule has 86 valence electrons. The first-order chi connectivity index (χ1) is 7.00. The molecule has 0 radical (unpaired) electrons. The van der Waals surface area contributed by atoms with Crippen molar-refractivity contribution in [3.05, 3.63) is 0 Å². The molecule has 15 heavy (non-hydrogen) atoms. The van der Waals surface area contributed by atoms with E-state index >= 15 is 0 Å².